The fraction of sp³-hybridized carbons (Fsp3) is 0.846. The second kappa shape index (κ2) is 4.67. The highest BCUT2D eigenvalue weighted by molar-refractivity contribution is 5.07. The topological polar surface area (TPSA) is 18.5 Å². The normalized spacial score (nSPS) is 35.1. The summed E-state index contributed by atoms with van der Waals surface area (Å²) in [6, 6.07) is 0. The molecule has 15 heavy (non-hydrogen) atoms. The van der Waals surface area contributed by atoms with Crippen molar-refractivity contribution in [1.82, 2.24) is 0 Å². The maximum Gasteiger partial charge on any atom is 0.0902 e. The van der Waals surface area contributed by atoms with Crippen molar-refractivity contribution in [2.24, 2.45) is 11.3 Å². The number of rotatable bonds is 3. The highest BCUT2D eigenvalue weighted by Gasteiger charge is 2.44. The Balaban J connectivity index is 2.89. The first-order valence-corrected chi connectivity index (χ1v) is 5.65. The van der Waals surface area contributed by atoms with Gasteiger partial charge in [0, 0.05) is 20.1 Å². The number of hydrogen-bond acceptors (Lipinski definition) is 2. The van der Waals surface area contributed by atoms with Crippen molar-refractivity contribution in [3.8, 4) is 0 Å². The van der Waals surface area contributed by atoms with Gasteiger partial charge in [-0.2, -0.15) is 0 Å². The fourth-order valence-corrected chi connectivity index (χ4v) is 2.76. The van der Waals surface area contributed by atoms with Gasteiger partial charge in [0.25, 0.3) is 0 Å². The van der Waals surface area contributed by atoms with Gasteiger partial charge in [-0.05, 0) is 25.2 Å². The molecule has 0 radical (unpaired) electrons. The average molecular weight is 212 g/mol. The quantitative estimate of drug-likeness (QED) is 0.669. The first-order chi connectivity index (χ1) is 6.94. The minimum atomic E-state index is 0.149. The molecule has 0 aromatic carbocycles. The number of hydrogen-bond donors (Lipinski definition) is 0. The molecule has 0 spiro atoms. The molecule has 0 aliphatic heterocycles. The summed E-state index contributed by atoms with van der Waals surface area (Å²) >= 11 is 0. The lowest BCUT2D eigenvalue weighted by molar-refractivity contribution is -0.134. The van der Waals surface area contributed by atoms with E-state index in [1.807, 2.05) is 0 Å². The Morgan fingerprint density at radius 3 is 2.27 bits per heavy atom. The maximum absolute atomic E-state index is 5.62. The van der Waals surface area contributed by atoms with Crippen LogP contribution in [0.15, 0.2) is 12.2 Å². The summed E-state index contributed by atoms with van der Waals surface area (Å²) in [5.74, 6) is 0.438. The zero-order valence-electron chi connectivity index (χ0n) is 10.7. The van der Waals surface area contributed by atoms with Crippen LogP contribution in [0.2, 0.25) is 0 Å². The lowest BCUT2D eigenvalue weighted by Gasteiger charge is -2.46. The third-order valence-corrected chi connectivity index (χ3v) is 3.72. The Labute approximate surface area is 93.7 Å². The van der Waals surface area contributed by atoms with Crippen LogP contribution in [-0.2, 0) is 9.47 Å². The number of methoxy groups -OCH3 is 2. The van der Waals surface area contributed by atoms with Crippen molar-refractivity contribution >= 4 is 0 Å². The van der Waals surface area contributed by atoms with Crippen LogP contribution in [0.4, 0.5) is 0 Å². The van der Waals surface area contributed by atoms with Crippen LogP contribution < -0.4 is 0 Å². The summed E-state index contributed by atoms with van der Waals surface area (Å²) < 4.78 is 11.2. The lowest BCUT2D eigenvalue weighted by Crippen LogP contribution is -2.50. The van der Waals surface area contributed by atoms with E-state index < -0.39 is 0 Å². The van der Waals surface area contributed by atoms with Crippen LogP contribution in [0.3, 0.4) is 0 Å². The summed E-state index contributed by atoms with van der Waals surface area (Å²) in [5, 5.41) is 0. The third kappa shape index (κ3) is 2.43. The molecule has 1 rings (SSSR count). The molecule has 1 aliphatic carbocycles. The average Bonchev–Trinajstić information content (AvgIpc) is 2.15. The summed E-state index contributed by atoms with van der Waals surface area (Å²) in [5.41, 5.74) is 1.40. The van der Waals surface area contributed by atoms with E-state index in [1.165, 1.54) is 12.0 Å². The van der Waals surface area contributed by atoms with E-state index in [0.29, 0.717) is 5.92 Å². The molecule has 0 unspecified atom stereocenters. The van der Waals surface area contributed by atoms with E-state index >= 15 is 0 Å². The van der Waals surface area contributed by atoms with E-state index in [1.54, 1.807) is 14.2 Å². The molecule has 2 nitrogen and oxygen atoms in total. The summed E-state index contributed by atoms with van der Waals surface area (Å²) in [6.07, 6.45) is 2.64. The fourth-order valence-electron chi connectivity index (χ4n) is 2.76. The smallest absolute Gasteiger partial charge is 0.0902 e. The standard InChI is InChI=1S/C13H24O2/c1-9(2)10-7-8-13(3,4)12(15-6)11(10)14-5/h10-12H,1,7-8H2,2-6H3/t10-,11+,12+/m0/s1. The van der Waals surface area contributed by atoms with E-state index in [4.69, 9.17) is 9.47 Å². The van der Waals surface area contributed by atoms with E-state index in [2.05, 4.69) is 27.4 Å². The first kappa shape index (κ1) is 12.7. The first-order valence-electron chi connectivity index (χ1n) is 5.65. The van der Waals surface area contributed by atoms with Gasteiger partial charge in [-0.3, -0.25) is 0 Å². The largest absolute Gasteiger partial charge is 0.378 e. The van der Waals surface area contributed by atoms with Crippen LogP contribution in [0, 0.1) is 11.3 Å². The maximum atomic E-state index is 5.62. The summed E-state index contributed by atoms with van der Waals surface area (Å²) in [7, 11) is 3.55. The molecule has 1 saturated carbocycles. The molecule has 2 heteroatoms. The van der Waals surface area contributed by atoms with Gasteiger partial charge in [0.15, 0.2) is 0 Å². The van der Waals surface area contributed by atoms with Crippen LogP contribution in [0.1, 0.15) is 33.6 Å². The zero-order valence-corrected chi connectivity index (χ0v) is 10.7. The highest BCUT2D eigenvalue weighted by atomic mass is 16.5. The Kier molecular flexibility index (Phi) is 3.96. The van der Waals surface area contributed by atoms with Crippen molar-refractivity contribution in [2.45, 2.75) is 45.8 Å². The van der Waals surface area contributed by atoms with Crippen molar-refractivity contribution in [3.05, 3.63) is 12.2 Å². The van der Waals surface area contributed by atoms with Gasteiger partial charge in [-0.1, -0.05) is 26.0 Å². The lowest BCUT2D eigenvalue weighted by atomic mass is 9.67. The van der Waals surface area contributed by atoms with Gasteiger partial charge < -0.3 is 9.47 Å². The van der Waals surface area contributed by atoms with Crippen LogP contribution in [0.5, 0.6) is 0 Å². The van der Waals surface area contributed by atoms with Crippen LogP contribution in [0.25, 0.3) is 0 Å². The van der Waals surface area contributed by atoms with Gasteiger partial charge in [0.05, 0.1) is 12.2 Å². The van der Waals surface area contributed by atoms with Gasteiger partial charge in [-0.25, -0.2) is 0 Å². The minimum Gasteiger partial charge on any atom is -0.378 e. The molecule has 0 aromatic heterocycles. The molecular weight excluding hydrogens is 188 g/mol. The molecule has 0 aromatic rings. The summed E-state index contributed by atoms with van der Waals surface area (Å²) in [4.78, 5) is 0. The van der Waals surface area contributed by atoms with Crippen molar-refractivity contribution in [1.29, 1.82) is 0 Å². The minimum absolute atomic E-state index is 0.149. The molecule has 0 heterocycles. The van der Waals surface area contributed by atoms with Gasteiger partial charge in [-0.15, -0.1) is 0 Å². The third-order valence-electron chi connectivity index (χ3n) is 3.72. The van der Waals surface area contributed by atoms with E-state index in [0.717, 1.165) is 6.42 Å². The van der Waals surface area contributed by atoms with E-state index in [9.17, 15) is 0 Å². The number of ether oxygens (including phenoxy) is 2. The Hall–Kier alpha value is -0.340. The van der Waals surface area contributed by atoms with Gasteiger partial charge in [0.2, 0.25) is 0 Å². The molecule has 0 bridgehead atoms. The molecule has 0 amide bonds. The second-order valence-corrected chi connectivity index (χ2v) is 5.34. The molecular formula is C13H24O2. The molecule has 1 fully saturated rings. The Morgan fingerprint density at radius 1 is 1.27 bits per heavy atom. The molecule has 88 valence electrons. The van der Waals surface area contributed by atoms with E-state index in [-0.39, 0.29) is 17.6 Å². The molecule has 1 aliphatic rings. The summed E-state index contributed by atoms with van der Waals surface area (Å²) in [6.45, 7) is 10.6. The van der Waals surface area contributed by atoms with Crippen LogP contribution >= 0.6 is 0 Å². The zero-order chi connectivity index (χ0) is 11.6. The Bertz CT molecular complexity index is 233. The highest BCUT2D eigenvalue weighted by Crippen LogP contribution is 2.43. The van der Waals surface area contributed by atoms with Gasteiger partial charge >= 0.3 is 0 Å². The van der Waals surface area contributed by atoms with Crippen molar-refractivity contribution in [3.63, 3.8) is 0 Å². The van der Waals surface area contributed by atoms with Crippen LogP contribution in [-0.4, -0.2) is 26.4 Å². The predicted octanol–water partition coefficient (Wildman–Crippen LogP) is 3.03. The molecule has 0 N–H and O–H groups in total. The monoisotopic (exact) mass is 212 g/mol. The van der Waals surface area contributed by atoms with Crippen molar-refractivity contribution in [2.75, 3.05) is 14.2 Å². The predicted molar refractivity (Wildman–Crippen MR) is 62.9 cm³/mol. The SMILES string of the molecule is C=C(C)[C@@H]1CCC(C)(C)[C@H](OC)[C@@H]1OC. The Morgan fingerprint density at radius 2 is 1.87 bits per heavy atom. The molecule has 3 atom stereocenters. The second-order valence-electron chi connectivity index (χ2n) is 5.34. The van der Waals surface area contributed by atoms with Gasteiger partial charge in [0.1, 0.15) is 0 Å². The molecule has 0 saturated heterocycles. The van der Waals surface area contributed by atoms with Crippen molar-refractivity contribution < 1.29 is 9.47 Å².